The molecule has 0 bridgehead atoms. The van der Waals surface area contributed by atoms with Crippen LogP contribution in [0.2, 0.25) is 0 Å². The summed E-state index contributed by atoms with van der Waals surface area (Å²) in [5.41, 5.74) is 2.51. The highest BCUT2D eigenvalue weighted by Crippen LogP contribution is 2.15. The van der Waals surface area contributed by atoms with Crippen LogP contribution in [0.25, 0.3) is 0 Å². The first-order chi connectivity index (χ1) is 11.5. The van der Waals surface area contributed by atoms with Gasteiger partial charge in [0.05, 0.1) is 0 Å². The number of urea groups is 1. The first-order valence-electron chi connectivity index (χ1n) is 7.25. The Kier molecular flexibility index (Phi) is 5.78. The Bertz CT molecular complexity index is 683. The van der Waals surface area contributed by atoms with Crippen LogP contribution in [0.15, 0.2) is 30.2 Å². The number of anilines is 1. The van der Waals surface area contributed by atoms with Gasteiger partial charge >= 0.3 is 12.0 Å². The highest BCUT2D eigenvalue weighted by molar-refractivity contribution is 6.02. The van der Waals surface area contributed by atoms with Crippen molar-refractivity contribution in [2.75, 3.05) is 25.1 Å². The largest absolute Gasteiger partial charge is 0.493 e. The fourth-order valence-electron chi connectivity index (χ4n) is 1.95. The Hall–Kier alpha value is -3.03. The summed E-state index contributed by atoms with van der Waals surface area (Å²) < 4.78 is 14.6. The Morgan fingerprint density at radius 1 is 1.21 bits per heavy atom. The smallest absolute Gasteiger partial charge is 0.377 e. The van der Waals surface area contributed by atoms with Crippen LogP contribution in [0.4, 0.5) is 10.5 Å². The second-order valence-corrected chi connectivity index (χ2v) is 5.10. The lowest BCUT2D eigenvalue weighted by Crippen LogP contribution is -2.37. The predicted molar refractivity (Wildman–Crippen MR) is 84.0 cm³/mol. The molecule has 0 spiro atoms. The van der Waals surface area contributed by atoms with Gasteiger partial charge in [-0.15, -0.1) is 0 Å². The third-order valence-corrected chi connectivity index (χ3v) is 3.07. The molecule has 8 heteroatoms. The number of hydrogen-bond acceptors (Lipinski definition) is 6. The summed E-state index contributed by atoms with van der Waals surface area (Å²) in [5.74, 6) is -1.71. The molecule has 1 aromatic rings. The van der Waals surface area contributed by atoms with Gasteiger partial charge in [-0.2, -0.15) is 0 Å². The molecule has 0 aliphatic carbocycles. The van der Waals surface area contributed by atoms with Gasteiger partial charge in [0, 0.05) is 5.69 Å². The number of carbonyl (C=O) groups is 3. The Morgan fingerprint density at radius 2 is 2.00 bits per heavy atom. The van der Waals surface area contributed by atoms with Crippen molar-refractivity contribution in [2.45, 2.75) is 13.8 Å². The van der Waals surface area contributed by atoms with Crippen LogP contribution >= 0.6 is 0 Å². The minimum absolute atomic E-state index is 0.117. The first kappa shape index (κ1) is 17.3. The van der Waals surface area contributed by atoms with E-state index >= 15 is 0 Å². The van der Waals surface area contributed by atoms with E-state index in [2.05, 4.69) is 10.6 Å². The number of rotatable bonds is 4. The van der Waals surface area contributed by atoms with Crippen LogP contribution < -0.4 is 10.6 Å². The highest BCUT2D eigenvalue weighted by atomic mass is 16.6. The molecule has 3 amide bonds. The Labute approximate surface area is 138 Å². The third-order valence-electron chi connectivity index (χ3n) is 3.07. The quantitative estimate of drug-likeness (QED) is 0.807. The van der Waals surface area contributed by atoms with Crippen LogP contribution in [0.1, 0.15) is 11.1 Å². The van der Waals surface area contributed by atoms with E-state index in [1.165, 1.54) is 0 Å². The molecule has 8 nitrogen and oxygen atoms in total. The number of aryl methyl sites for hydroxylation is 2. The zero-order chi connectivity index (χ0) is 17.5. The maximum atomic E-state index is 11.8. The summed E-state index contributed by atoms with van der Waals surface area (Å²) in [7, 11) is 0. The number of esters is 1. The van der Waals surface area contributed by atoms with Crippen LogP contribution in [0.3, 0.4) is 0 Å². The van der Waals surface area contributed by atoms with Gasteiger partial charge < -0.3 is 19.5 Å². The molecule has 2 N–H and O–H groups in total. The zero-order valence-electron chi connectivity index (χ0n) is 13.4. The molecule has 0 aromatic heterocycles. The summed E-state index contributed by atoms with van der Waals surface area (Å²) in [6, 6.07) is 4.77. The summed E-state index contributed by atoms with van der Waals surface area (Å²) in [5, 5.41) is 4.62. The fraction of sp³-hybridized carbons (Fsp3) is 0.312. The molecule has 0 unspecified atom stereocenters. The molecule has 24 heavy (non-hydrogen) atoms. The van der Waals surface area contributed by atoms with E-state index in [4.69, 9.17) is 14.2 Å². The fourth-order valence-corrected chi connectivity index (χ4v) is 1.95. The van der Waals surface area contributed by atoms with E-state index in [1.54, 1.807) is 6.07 Å². The van der Waals surface area contributed by atoms with Gasteiger partial charge in [-0.25, -0.2) is 9.59 Å². The lowest BCUT2D eigenvalue weighted by Gasteiger charge is -2.14. The molecule has 1 aliphatic rings. The van der Waals surface area contributed by atoms with E-state index < -0.39 is 24.5 Å². The molecule has 0 saturated heterocycles. The minimum atomic E-state index is -0.834. The number of carbonyl (C=O) groups excluding carboxylic acids is 3. The molecule has 1 aromatic carbocycles. The van der Waals surface area contributed by atoms with Gasteiger partial charge in [0.25, 0.3) is 5.91 Å². The molecule has 0 radical (unpaired) electrons. The van der Waals surface area contributed by atoms with Crippen molar-refractivity contribution in [2.24, 2.45) is 0 Å². The maximum Gasteiger partial charge on any atom is 0.377 e. The summed E-state index contributed by atoms with van der Waals surface area (Å²) in [6.07, 6.45) is 1.12. The minimum Gasteiger partial charge on any atom is -0.493 e. The summed E-state index contributed by atoms with van der Waals surface area (Å²) in [6.45, 7) is 3.73. The van der Waals surface area contributed by atoms with Crippen molar-refractivity contribution >= 4 is 23.6 Å². The highest BCUT2D eigenvalue weighted by Gasteiger charge is 2.18. The summed E-state index contributed by atoms with van der Waals surface area (Å²) >= 11 is 0. The van der Waals surface area contributed by atoms with Gasteiger partial charge in [0.15, 0.2) is 6.61 Å². The van der Waals surface area contributed by atoms with Crippen molar-refractivity contribution in [3.05, 3.63) is 41.3 Å². The Morgan fingerprint density at radius 3 is 2.67 bits per heavy atom. The molecular weight excluding hydrogens is 316 g/mol. The van der Waals surface area contributed by atoms with Gasteiger partial charge in [-0.1, -0.05) is 17.7 Å². The average molecular weight is 334 g/mol. The van der Waals surface area contributed by atoms with Crippen LogP contribution in [0.5, 0.6) is 0 Å². The lowest BCUT2D eigenvalue weighted by atomic mass is 10.1. The van der Waals surface area contributed by atoms with Crippen LogP contribution in [0, 0.1) is 13.8 Å². The number of ether oxygens (including phenoxy) is 3. The molecule has 1 heterocycles. The van der Waals surface area contributed by atoms with Crippen molar-refractivity contribution in [3.63, 3.8) is 0 Å². The zero-order valence-corrected chi connectivity index (χ0v) is 13.4. The van der Waals surface area contributed by atoms with Crippen molar-refractivity contribution < 1.29 is 28.6 Å². The average Bonchev–Trinajstić information content (AvgIpc) is 2.56. The van der Waals surface area contributed by atoms with E-state index in [0.29, 0.717) is 12.3 Å². The molecule has 1 aliphatic heterocycles. The molecule has 2 rings (SSSR count). The van der Waals surface area contributed by atoms with Gasteiger partial charge in [-0.05, 0) is 25.5 Å². The van der Waals surface area contributed by atoms with Crippen molar-refractivity contribution in [3.8, 4) is 0 Å². The van der Waals surface area contributed by atoms with E-state index in [0.717, 1.165) is 17.4 Å². The van der Waals surface area contributed by atoms with Crippen LogP contribution in [-0.2, 0) is 23.8 Å². The molecule has 0 atom stereocenters. The number of hydrogen-bond donors (Lipinski definition) is 2. The number of imide groups is 1. The molecule has 128 valence electrons. The van der Waals surface area contributed by atoms with E-state index in [9.17, 15) is 14.4 Å². The van der Waals surface area contributed by atoms with E-state index in [-0.39, 0.29) is 12.4 Å². The summed E-state index contributed by atoms with van der Waals surface area (Å²) in [4.78, 5) is 35.0. The monoisotopic (exact) mass is 334 g/mol. The second-order valence-electron chi connectivity index (χ2n) is 5.10. The van der Waals surface area contributed by atoms with Crippen LogP contribution in [-0.4, -0.2) is 37.7 Å². The molecular formula is C16H18N2O6. The predicted octanol–water partition coefficient (Wildman–Crippen LogP) is 1.38. The SMILES string of the molecule is Cc1ccc(NC(=O)NC(=O)COC(=O)C2=COCCO2)c(C)c1. The first-order valence-corrected chi connectivity index (χ1v) is 7.25. The maximum absolute atomic E-state index is 11.8. The normalized spacial score (nSPS) is 13.0. The molecule has 0 fully saturated rings. The van der Waals surface area contributed by atoms with Gasteiger partial charge in [0.1, 0.15) is 19.5 Å². The number of nitrogens with one attached hydrogen (secondary N) is 2. The Balaban J connectivity index is 1.78. The second kappa shape index (κ2) is 8.00. The lowest BCUT2D eigenvalue weighted by molar-refractivity contribution is -0.148. The number of benzene rings is 1. The van der Waals surface area contributed by atoms with Gasteiger partial charge in [0.2, 0.25) is 5.76 Å². The van der Waals surface area contributed by atoms with Crippen molar-refractivity contribution in [1.82, 2.24) is 5.32 Å². The third kappa shape index (κ3) is 5.01. The number of amides is 3. The van der Waals surface area contributed by atoms with Crippen molar-refractivity contribution in [1.29, 1.82) is 0 Å². The standard InChI is InChI=1S/C16H18N2O6/c1-10-3-4-12(11(2)7-10)17-16(21)18-14(19)9-24-15(20)13-8-22-5-6-23-13/h3-4,7-8H,5-6,9H2,1-2H3,(H2,17,18,19,21). The van der Waals surface area contributed by atoms with Gasteiger partial charge in [-0.3, -0.25) is 10.1 Å². The topological polar surface area (TPSA) is 103 Å². The van der Waals surface area contributed by atoms with E-state index in [1.807, 2.05) is 26.0 Å². The molecule has 0 saturated carbocycles.